The fourth-order valence-corrected chi connectivity index (χ4v) is 2.17. The molecule has 0 aliphatic heterocycles. The average molecular weight is 243 g/mol. The number of nitrogens with one attached hydrogen (secondary N) is 1. The van der Waals surface area contributed by atoms with Gasteiger partial charge in [0.1, 0.15) is 0 Å². The third-order valence-electron chi connectivity index (χ3n) is 1.81. The molecule has 1 N–H and O–H groups in total. The molecule has 0 aliphatic rings. The Hall–Kier alpha value is -1.47. The van der Waals surface area contributed by atoms with Gasteiger partial charge in [0, 0.05) is 18.7 Å². The van der Waals surface area contributed by atoms with Crippen LogP contribution in [0.15, 0.2) is 29.2 Å². The number of nitrogens with zero attached hydrogens (tertiary/aromatic N) is 1. The quantitative estimate of drug-likeness (QED) is 0.619. The normalized spacial score (nSPS) is 11.3. The molecule has 0 unspecified atom stereocenters. The van der Waals surface area contributed by atoms with E-state index in [9.17, 15) is 18.5 Å². The second kappa shape index (κ2) is 5.04. The number of benzene rings is 1. The van der Waals surface area contributed by atoms with E-state index in [1.807, 2.05) is 0 Å². The molecule has 0 heterocycles. The molecule has 1 rings (SSSR count). The molecule has 0 saturated carbocycles. The average Bonchev–Trinajstić information content (AvgIpc) is 2.26. The number of rotatable bonds is 5. The van der Waals surface area contributed by atoms with Crippen molar-refractivity contribution in [1.29, 1.82) is 0 Å². The zero-order chi connectivity index (χ0) is 12.2. The van der Waals surface area contributed by atoms with E-state index in [1.165, 1.54) is 18.2 Å². The first-order chi connectivity index (χ1) is 7.47. The molecule has 1 radical (unpaired) electrons. The molecular formula is C9H11N2O4S. The van der Waals surface area contributed by atoms with E-state index in [0.717, 1.165) is 6.07 Å². The summed E-state index contributed by atoms with van der Waals surface area (Å²) in [4.78, 5) is 9.72. The van der Waals surface area contributed by atoms with Crippen molar-refractivity contribution >= 4 is 15.7 Å². The molecule has 0 amide bonds. The molecule has 7 heteroatoms. The number of hydrogen-bond acceptors (Lipinski definition) is 4. The van der Waals surface area contributed by atoms with Crippen molar-refractivity contribution in [2.75, 3.05) is 6.54 Å². The molecule has 0 aromatic heterocycles. The van der Waals surface area contributed by atoms with Gasteiger partial charge in [-0.3, -0.25) is 10.1 Å². The van der Waals surface area contributed by atoms with Gasteiger partial charge in [-0.2, -0.15) is 0 Å². The van der Waals surface area contributed by atoms with Gasteiger partial charge in [0.15, 0.2) is 0 Å². The van der Waals surface area contributed by atoms with Gasteiger partial charge in [-0.25, -0.2) is 13.1 Å². The zero-order valence-corrected chi connectivity index (χ0v) is 9.24. The Labute approximate surface area is 93.5 Å². The van der Waals surface area contributed by atoms with Crippen molar-refractivity contribution < 1.29 is 13.3 Å². The summed E-state index contributed by atoms with van der Waals surface area (Å²) < 4.78 is 25.5. The predicted molar refractivity (Wildman–Crippen MR) is 58.3 cm³/mol. The van der Waals surface area contributed by atoms with Crippen LogP contribution in [0.1, 0.15) is 6.42 Å². The molecule has 87 valence electrons. The van der Waals surface area contributed by atoms with Crippen molar-refractivity contribution in [3.63, 3.8) is 0 Å². The largest absolute Gasteiger partial charge is 0.270 e. The summed E-state index contributed by atoms with van der Waals surface area (Å²) in [6.07, 6.45) is 0.411. The van der Waals surface area contributed by atoms with E-state index in [4.69, 9.17) is 0 Å². The lowest BCUT2D eigenvalue weighted by Crippen LogP contribution is -2.24. The molecular weight excluding hydrogens is 232 g/mol. The van der Waals surface area contributed by atoms with E-state index in [-0.39, 0.29) is 17.1 Å². The van der Waals surface area contributed by atoms with Crippen molar-refractivity contribution in [3.05, 3.63) is 41.3 Å². The molecule has 16 heavy (non-hydrogen) atoms. The highest BCUT2D eigenvalue weighted by Gasteiger charge is 2.16. The molecule has 0 aliphatic carbocycles. The van der Waals surface area contributed by atoms with Crippen molar-refractivity contribution in [1.82, 2.24) is 4.72 Å². The van der Waals surface area contributed by atoms with Crippen LogP contribution in [0.2, 0.25) is 0 Å². The molecule has 1 aromatic rings. The Morgan fingerprint density at radius 3 is 2.69 bits per heavy atom. The second-order valence-corrected chi connectivity index (χ2v) is 4.77. The highest BCUT2D eigenvalue weighted by Crippen LogP contribution is 2.16. The Kier molecular flexibility index (Phi) is 3.97. The van der Waals surface area contributed by atoms with Crippen LogP contribution in [0.4, 0.5) is 5.69 Å². The fraction of sp³-hybridized carbons (Fsp3) is 0.222. The lowest BCUT2D eigenvalue weighted by Gasteiger charge is -2.04. The monoisotopic (exact) mass is 243 g/mol. The smallest absolute Gasteiger partial charge is 0.258 e. The van der Waals surface area contributed by atoms with Crippen LogP contribution >= 0.6 is 0 Å². The third kappa shape index (κ3) is 3.01. The van der Waals surface area contributed by atoms with Crippen LogP contribution in [0.3, 0.4) is 0 Å². The fourth-order valence-electron chi connectivity index (χ4n) is 1.05. The molecule has 1 aromatic carbocycles. The number of hydrogen-bond donors (Lipinski definition) is 1. The van der Waals surface area contributed by atoms with E-state index in [0.29, 0.717) is 6.42 Å². The summed E-state index contributed by atoms with van der Waals surface area (Å²) in [6.45, 7) is 3.69. The number of nitro benzene ring substituents is 1. The minimum absolute atomic E-state index is 0.116. The lowest BCUT2D eigenvalue weighted by atomic mass is 10.3. The number of sulfonamides is 1. The highest BCUT2D eigenvalue weighted by molar-refractivity contribution is 7.89. The van der Waals surface area contributed by atoms with Crippen LogP contribution in [-0.2, 0) is 10.0 Å². The molecule has 0 saturated heterocycles. The van der Waals surface area contributed by atoms with E-state index in [1.54, 1.807) is 0 Å². The van der Waals surface area contributed by atoms with Gasteiger partial charge in [0.2, 0.25) is 10.0 Å². The van der Waals surface area contributed by atoms with Gasteiger partial charge < -0.3 is 0 Å². The highest BCUT2D eigenvalue weighted by atomic mass is 32.2. The third-order valence-corrected chi connectivity index (χ3v) is 3.27. The minimum Gasteiger partial charge on any atom is -0.258 e. The van der Waals surface area contributed by atoms with Gasteiger partial charge in [-0.1, -0.05) is 13.0 Å². The molecule has 6 nitrogen and oxygen atoms in total. The van der Waals surface area contributed by atoms with Gasteiger partial charge in [-0.05, 0) is 12.5 Å². The zero-order valence-electron chi connectivity index (χ0n) is 8.42. The van der Waals surface area contributed by atoms with E-state index < -0.39 is 14.9 Å². The Morgan fingerprint density at radius 1 is 1.44 bits per heavy atom. The van der Waals surface area contributed by atoms with Crippen molar-refractivity contribution in [2.24, 2.45) is 0 Å². The molecule has 0 fully saturated rings. The van der Waals surface area contributed by atoms with Gasteiger partial charge in [0.25, 0.3) is 5.69 Å². The topological polar surface area (TPSA) is 89.3 Å². The first-order valence-electron chi connectivity index (χ1n) is 4.51. The first-order valence-corrected chi connectivity index (χ1v) is 5.99. The van der Waals surface area contributed by atoms with Gasteiger partial charge in [-0.15, -0.1) is 0 Å². The van der Waals surface area contributed by atoms with E-state index in [2.05, 4.69) is 11.6 Å². The lowest BCUT2D eigenvalue weighted by molar-refractivity contribution is -0.385. The molecule has 0 spiro atoms. The predicted octanol–water partition coefficient (Wildman–Crippen LogP) is 1.10. The Bertz CT molecular complexity index is 484. The maximum Gasteiger partial charge on any atom is 0.270 e. The van der Waals surface area contributed by atoms with Crippen LogP contribution in [0, 0.1) is 17.0 Å². The van der Waals surface area contributed by atoms with Crippen molar-refractivity contribution in [2.45, 2.75) is 11.3 Å². The number of nitro groups is 1. The number of non-ortho nitro benzene ring substituents is 1. The first kappa shape index (κ1) is 12.6. The maximum atomic E-state index is 11.6. The van der Waals surface area contributed by atoms with Crippen molar-refractivity contribution in [3.8, 4) is 0 Å². The summed E-state index contributed by atoms with van der Waals surface area (Å²) in [6, 6.07) is 4.89. The molecule has 0 atom stereocenters. The van der Waals surface area contributed by atoms with Crippen LogP contribution in [-0.4, -0.2) is 19.9 Å². The molecule has 0 bridgehead atoms. The summed E-state index contributed by atoms with van der Waals surface area (Å²) >= 11 is 0. The van der Waals surface area contributed by atoms with Crippen LogP contribution in [0.5, 0.6) is 0 Å². The van der Waals surface area contributed by atoms with E-state index >= 15 is 0 Å². The summed E-state index contributed by atoms with van der Waals surface area (Å²) in [5.74, 6) is 0. The Morgan fingerprint density at radius 2 is 2.12 bits per heavy atom. The van der Waals surface area contributed by atoms with Gasteiger partial charge >= 0.3 is 0 Å². The van der Waals surface area contributed by atoms with Crippen LogP contribution in [0.25, 0.3) is 0 Å². The maximum absolute atomic E-state index is 11.6. The van der Waals surface area contributed by atoms with Gasteiger partial charge in [0.05, 0.1) is 9.82 Å². The van der Waals surface area contributed by atoms with Crippen LogP contribution < -0.4 is 4.72 Å². The minimum atomic E-state index is -3.67. The summed E-state index contributed by atoms with van der Waals surface area (Å²) in [5.41, 5.74) is -0.252. The summed E-state index contributed by atoms with van der Waals surface area (Å²) in [7, 11) is -3.67. The Balaban J connectivity index is 3.04. The second-order valence-electron chi connectivity index (χ2n) is 3.01. The SMILES string of the molecule is [CH2]CCNS(=O)(=O)c1cccc([N+](=O)[O-])c1. The standard InChI is InChI=1S/C9H11N2O4S/c1-2-6-10-16(14,15)9-5-3-4-8(7-9)11(12)13/h3-5,7,10H,1-2,6H2. The summed E-state index contributed by atoms with van der Waals surface area (Å²) in [5, 5.41) is 10.5.